The van der Waals surface area contributed by atoms with E-state index < -0.39 is 5.92 Å². The van der Waals surface area contributed by atoms with E-state index in [1.807, 2.05) is 12.1 Å². The van der Waals surface area contributed by atoms with Crippen LogP contribution in [0.3, 0.4) is 0 Å². The minimum absolute atomic E-state index is 0.00502. The van der Waals surface area contributed by atoms with Crippen molar-refractivity contribution in [1.82, 2.24) is 5.32 Å². The third-order valence-corrected chi connectivity index (χ3v) is 7.81. The first-order valence-corrected chi connectivity index (χ1v) is 12.7. The lowest BCUT2D eigenvalue weighted by Gasteiger charge is -2.33. The van der Waals surface area contributed by atoms with Crippen LogP contribution in [0.15, 0.2) is 68.8 Å². The second-order valence-corrected chi connectivity index (χ2v) is 10.3. The quantitative estimate of drug-likeness (QED) is 0.431. The molecule has 0 spiro atoms. The van der Waals surface area contributed by atoms with Gasteiger partial charge in [0, 0.05) is 27.9 Å². The highest BCUT2D eigenvalue weighted by Gasteiger charge is 2.38. The Labute approximate surface area is 214 Å². The lowest BCUT2D eigenvalue weighted by atomic mass is 9.77. The van der Waals surface area contributed by atoms with Gasteiger partial charge in [0.1, 0.15) is 0 Å². The molecule has 2 aromatic carbocycles. The Morgan fingerprint density at radius 3 is 2.70 bits per heavy atom. The van der Waals surface area contributed by atoms with Gasteiger partial charge in [-0.25, -0.2) is 0 Å². The van der Waals surface area contributed by atoms with Crippen LogP contribution >= 0.6 is 50.9 Å². The van der Waals surface area contributed by atoms with Crippen molar-refractivity contribution in [2.45, 2.75) is 25.2 Å². The monoisotopic (exact) mass is 561 g/mol. The van der Waals surface area contributed by atoms with E-state index in [-0.39, 0.29) is 17.4 Å². The summed E-state index contributed by atoms with van der Waals surface area (Å²) >= 11 is 17.4. The average molecular weight is 563 g/mol. The third-order valence-electron chi connectivity index (χ3n) is 5.43. The number of hydrogen-bond acceptors (Lipinski definition) is 5. The van der Waals surface area contributed by atoms with Gasteiger partial charge in [0.05, 0.1) is 38.4 Å². The molecule has 0 unspecified atom stereocenters. The van der Waals surface area contributed by atoms with Crippen molar-refractivity contribution in [3.8, 4) is 6.07 Å². The maximum atomic E-state index is 12.9. The predicted molar refractivity (Wildman–Crippen MR) is 136 cm³/mol. The number of nitrogens with one attached hydrogen (secondary N) is 2. The summed E-state index contributed by atoms with van der Waals surface area (Å²) in [7, 11) is 0. The van der Waals surface area contributed by atoms with Crippen LogP contribution < -0.4 is 10.6 Å². The van der Waals surface area contributed by atoms with E-state index in [1.54, 1.807) is 30.3 Å². The molecule has 2 N–H and O–H groups in total. The number of dihydropyridines is 1. The normalized spacial score (nSPS) is 17.9. The molecule has 0 saturated heterocycles. The van der Waals surface area contributed by atoms with E-state index in [9.17, 15) is 14.9 Å². The Morgan fingerprint density at radius 2 is 1.97 bits per heavy atom. The van der Waals surface area contributed by atoms with E-state index in [2.05, 4.69) is 32.6 Å². The van der Waals surface area contributed by atoms with E-state index in [1.165, 1.54) is 11.8 Å². The number of allylic oxidation sites excluding steroid dienone is 3. The van der Waals surface area contributed by atoms with Crippen LogP contribution in [0.2, 0.25) is 10.0 Å². The van der Waals surface area contributed by atoms with Crippen LogP contribution in [0, 0.1) is 11.3 Å². The number of Topliss-reactive ketones (excluding diaryl/α,β-unsaturated/α-hetero) is 1. The number of thioether (sulfide) groups is 1. The van der Waals surface area contributed by atoms with Gasteiger partial charge in [-0.1, -0.05) is 63.0 Å². The minimum atomic E-state index is -0.623. The van der Waals surface area contributed by atoms with Crippen LogP contribution in [0.4, 0.5) is 5.69 Å². The summed E-state index contributed by atoms with van der Waals surface area (Å²) in [4.78, 5) is 25.4. The number of anilines is 1. The molecule has 0 radical (unpaired) electrons. The average Bonchev–Trinajstić information content (AvgIpc) is 2.80. The molecule has 168 valence electrons. The van der Waals surface area contributed by atoms with Crippen molar-refractivity contribution in [2.75, 3.05) is 11.1 Å². The molecule has 0 bridgehead atoms. The van der Waals surface area contributed by atoms with Gasteiger partial charge in [-0.3, -0.25) is 9.59 Å². The number of carbonyl (C=O) groups excluding carboxylic acids is 2. The maximum absolute atomic E-state index is 12.9. The van der Waals surface area contributed by atoms with Crippen LogP contribution in [-0.2, 0) is 9.59 Å². The van der Waals surface area contributed by atoms with Crippen LogP contribution in [0.25, 0.3) is 0 Å². The topological polar surface area (TPSA) is 82.0 Å². The molecule has 5 nitrogen and oxygen atoms in total. The summed E-state index contributed by atoms with van der Waals surface area (Å²) in [6, 6.07) is 14.8. The molecule has 1 heterocycles. The Balaban J connectivity index is 1.65. The Bertz CT molecular complexity index is 1240. The van der Waals surface area contributed by atoms with Gasteiger partial charge in [-0.2, -0.15) is 5.26 Å². The second-order valence-electron chi connectivity index (χ2n) is 7.57. The molecule has 33 heavy (non-hydrogen) atoms. The predicted octanol–water partition coefficient (Wildman–Crippen LogP) is 6.56. The van der Waals surface area contributed by atoms with E-state index in [4.69, 9.17) is 23.2 Å². The highest BCUT2D eigenvalue weighted by molar-refractivity contribution is 9.10. The number of rotatable bonds is 5. The number of halogens is 3. The van der Waals surface area contributed by atoms with Gasteiger partial charge < -0.3 is 10.6 Å². The zero-order valence-electron chi connectivity index (χ0n) is 17.3. The number of nitriles is 1. The molecule has 4 rings (SSSR count). The van der Waals surface area contributed by atoms with Gasteiger partial charge in [-0.15, -0.1) is 0 Å². The molecule has 1 atom stereocenters. The van der Waals surface area contributed by atoms with Gasteiger partial charge in [0.2, 0.25) is 5.91 Å². The first-order chi connectivity index (χ1) is 15.9. The second kappa shape index (κ2) is 10.4. The van der Waals surface area contributed by atoms with E-state index in [0.29, 0.717) is 50.3 Å². The van der Waals surface area contributed by atoms with Gasteiger partial charge in [0.25, 0.3) is 0 Å². The van der Waals surface area contributed by atoms with Crippen molar-refractivity contribution >= 4 is 68.3 Å². The first kappa shape index (κ1) is 23.9. The molecule has 1 aliphatic carbocycles. The molecule has 1 amide bonds. The highest BCUT2D eigenvalue weighted by Crippen LogP contribution is 2.46. The number of benzene rings is 2. The van der Waals surface area contributed by atoms with Crippen molar-refractivity contribution in [2.24, 2.45) is 0 Å². The van der Waals surface area contributed by atoms with E-state index in [0.717, 1.165) is 16.6 Å². The Morgan fingerprint density at radius 1 is 1.21 bits per heavy atom. The number of amides is 1. The Kier molecular flexibility index (Phi) is 7.50. The zero-order chi connectivity index (χ0) is 23.5. The van der Waals surface area contributed by atoms with Gasteiger partial charge in [0.15, 0.2) is 5.78 Å². The fourth-order valence-electron chi connectivity index (χ4n) is 3.96. The third kappa shape index (κ3) is 5.15. The number of hydrogen-bond donors (Lipinski definition) is 2. The molecule has 2 aromatic rings. The smallest absolute Gasteiger partial charge is 0.234 e. The fraction of sp³-hybridized carbons (Fsp3) is 0.208. The standard InChI is InChI=1S/C24H18BrCl2N3O2S/c25-13-7-9-14(10-8-13)29-20(32)12-33-24-16(11-28)21(15-3-1-4-17(26)23(15)27)22-18(30-24)5-2-6-19(22)31/h1,3-4,7-10,21,30H,2,5-6,12H2,(H,29,32)/t21-/m1/s1. The van der Waals surface area contributed by atoms with Crippen molar-refractivity contribution in [3.05, 3.63) is 84.4 Å². The largest absolute Gasteiger partial charge is 0.352 e. The van der Waals surface area contributed by atoms with Crippen molar-refractivity contribution in [3.63, 3.8) is 0 Å². The summed E-state index contributed by atoms with van der Waals surface area (Å²) in [6.07, 6.45) is 1.83. The van der Waals surface area contributed by atoms with Crippen LogP contribution in [-0.4, -0.2) is 17.4 Å². The van der Waals surface area contributed by atoms with Crippen molar-refractivity contribution < 1.29 is 9.59 Å². The molecule has 9 heteroatoms. The molecule has 0 saturated carbocycles. The summed E-state index contributed by atoms with van der Waals surface area (Å²) in [5, 5.41) is 17.4. The lowest BCUT2D eigenvalue weighted by molar-refractivity contribution is -0.116. The Hall–Kier alpha value is -2.24. The summed E-state index contributed by atoms with van der Waals surface area (Å²) < 4.78 is 0.918. The summed E-state index contributed by atoms with van der Waals surface area (Å²) in [6.45, 7) is 0. The van der Waals surface area contributed by atoms with Gasteiger partial charge >= 0.3 is 0 Å². The summed E-state index contributed by atoms with van der Waals surface area (Å²) in [5.41, 5.74) is 2.99. The SMILES string of the molecule is N#CC1=C(SCC(=O)Nc2ccc(Br)cc2)NC2=C(C(=O)CCC2)[C@@H]1c1cccc(Cl)c1Cl. The summed E-state index contributed by atoms with van der Waals surface area (Å²) in [5.74, 6) is -0.738. The molecule has 1 aliphatic heterocycles. The maximum Gasteiger partial charge on any atom is 0.234 e. The molecular formula is C24H18BrCl2N3O2S. The van der Waals surface area contributed by atoms with Crippen molar-refractivity contribution in [1.29, 1.82) is 5.26 Å². The number of carbonyl (C=O) groups is 2. The minimum Gasteiger partial charge on any atom is -0.352 e. The molecule has 0 aromatic heterocycles. The lowest BCUT2D eigenvalue weighted by Crippen LogP contribution is -2.32. The highest BCUT2D eigenvalue weighted by atomic mass is 79.9. The molecule has 2 aliphatic rings. The molecule has 0 fully saturated rings. The first-order valence-electron chi connectivity index (χ1n) is 10.2. The molecular weight excluding hydrogens is 545 g/mol. The number of nitrogens with zero attached hydrogens (tertiary/aromatic N) is 1. The fourth-order valence-corrected chi connectivity index (χ4v) is 5.50. The van der Waals surface area contributed by atoms with Crippen LogP contribution in [0.5, 0.6) is 0 Å². The zero-order valence-corrected chi connectivity index (χ0v) is 21.2. The van der Waals surface area contributed by atoms with E-state index >= 15 is 0 Å². The van der Waals surface area contributed by atoms with Crippen LogP contribution in [0.1, 0.15) is 30.7 Å². The number of ketones is 1. The van der Waals surface area contributed by atoms with Gasteiger partial charge in [-0.05, 0) is 48.7 Å².